The third-order valence-corrected chi connectivity index (χ3v) is 2.87. The van der Waals surface area contributed by atoms with Gasteiger partial charge in [-0.15, -0.1) is 0 Å². The van der Waals surface area contributed by atoms with Crippen LogP contribution < -0.4 is 5.32 Å². The van der Waals surface area contributed by atoms with E-state index >= 15 is 0 Å². The quantitative estimate of drug-likeness (QED) is 0.903. The van der Waals surface area contributed by atoms with E-state index in [1.807, 2.05) is 19.1 Å². The number of aryl methyl sites for hydroxylation is 1. The van der Waals surface area contributed by atoms with Crippen LogP contribution in [0.15, 0.2) is 36.5 Å². The number of hydrogen-bond donors (Lipinski definition) is 1. The first-order valence-corrected chi connectivity index (χ1v) is 5.66. The lowest BCUT2D eigenvalue weighted by molar-refractivity contribution is 0.571. The fourth-order valence-corrected chi connectivity index (χ4v) is 2.05. The van der Waals surface area contributed by atoms with E-state index in [1.54, 1.807) is 13.2 Å². The summed E-state index contributed by atoms with van der Waals surface area (Å²) in [6.45, 7) is 1.87. The molecule has 18 heavy (non-hydrogen) atoms. The Balaban J connectivity index is 2.48. The summed E-state index contributed by atoms with van der Waals surface area (Å²) in [5.74, 6) is -1.15. The van der Waals surface area contributed by atoms with Gasteiger partial charge in [0.1, 0.15) is 11.6 Å². The van der Waals surface area contributed by atoms with Gasteiger partial charge in [-0.25, -0.2) is 8.78 Å². The number of pyridine rings is 1. The number of nitrogens with one attached hydrogen (secondary N) is 1. The molecule has 0 radical (unpaired) electrons. The first kappa shape index (κ1) is 12.6. The zero-order valence-corrected chi connectivity index (χ0v) is 10.2. The lowest BCUT2D eigenvalue weighted by atomic mass is 9.97. The third kappa shape index (κ3) is 2.54. The zero-order chi connectivity index (χ0) is 13.1. The Kier molecular flexibility index (Phi) is 3.67. The minimum absolute atomic E-state index is 0.274. The second-order valence-electron chi connectivity index (χ2n) is 4.10. The molecule has 2 nitrogen and oxygen atoms in total. The Bertz CT molecular complexity index is 535. The standard InChI is InChI=1S/C14H14F2N2/c1-9-13(4-3-5-18-9)14(17-2)10-6-11(15)8-12(16)7-10/h3-8,14,17H,1-2H3. The van der Waals surface area contributed by atoms with E-state index in [9.17, 15) is 8.78 Å². The van der Waals surface area contributed by atoms with E-state index in [0.717, 1.165) is 17.3 Å². The van der Waals surface area contributed by atoms with Crippen molar-refractivity contribution < 1.29 is 8.78 Å². The molecular formula is C14H14F2N2. The van der Waals surface area contributed by atoms with Crippen LogP contribution in [0.4, 0.5) is 8.78 Å². The molecule has 1 unspecified atom stereocenters. The average molecular weight is 248 g/mol. The van der Waals surface area contributed by atoms with Crippen LogP contribution in [0, 0.1) is 18.6 Å². The molecule has 0 bridgehead atoms. The first-order valence-electron chi connectivity index (χ1n) is 5.66. The van der Waals surface area contributed by atoms with Crippen LogP contribution in [0.1, 0.15) is 22.9 Å². The van der Waals surface area contributed by atoms with Gasteiger partial charge in [0.25, 0.3) is 0 Å². The maximum Gasteiger partial charge on any atom is 0.126 e. The maximum atomic E-state index is 13.3. The average Bonchev–Trinajstić information content (AvgIpc) is 2.31. The Morgan fingerprint density at radius 1 is 1.17 bits per heavy atom. The first-order chi connectivity index (χ1) is 8.61. The predicted octanol–water partition coefficient (Wildman–Crippen LogP) is 2.98. The smallest absolute Gasteiger partial charge is 0.126 e. The third-order valence-electron chi connectivity index (χ3n) is 2.87. The van der Waals surface area contributed by atoms with Crippen molar-refractivity contribution in [1.29, 1.82) is 0 Å². The van der Waals surface area contributed by atoms with Crippen molar-refractivity contribution in [3.63, 3.8) is 0 Å². The molecule has 0 aliphatic carbocycles. The molecule has 0 fully saturated rings. The fourth-order valence-electron chi connectivity index (χ4n) is 2.05. The maximum absolute atomic E-state index is 13.3. The molecule has 1 aromatic heterocycles. The molecule has 0 aliphatic heterocycles. The molecule has 2 rings (SSSR count). The number of halogens is 2. The largest absolute Gasteiger partial charge is 0.309 e. The van der Waals surface area contributed by atoms with E-state index < -0.39 is 11.6 Å². The normalized spacial score (nSPS) is 12.4. The van der Waals surface area contributed by atoms with Gasteiger partial charge in [0.15, 0.2) is 0 Å². The van der Waals surface area contributed by atoms with Crippen molar-refractivity contribution in [3.05, 3.63) is 65.0 Å². The second-order valence-corrected chi connectivity index (χ2v) is 4.10. The van der Waals surface area contributed by atoms with Crippen LogP contribution in [0.3, 0.4) is 0 Å². The summed E-state index contributed by atoms with van der Waals surface area (Å²) in [6, 6.07) is 6.96. The number of rotatable bonds is 3. The monoisotopic (exact) mass is 248 g/mol. The van der Waals surface area contributed by atoms with Crippen LogP contribution in [-0.4, -0.2) is 12.0 Å². The molecule has 0 aliphatic rings. The number of benzene rings is 1. The number of aromatic nitrogens is 1. The number of nitrogens with zero attached hydrogens (tertiary/aromatic N) is 1. The van der Waals surface area contributed by atoms with Crippen molar-refractivity contribution in [2.24, 2.45) is 0 Å². The summed E-state index contributed by atoms with van der Waals surface area (Å²) >= 11 is 0. The summed E-state index contributed by atoms with van der Waals surface area (Å²) in [5, 5.41) is 3.06. The van der Waals surface area contributed by atoms with Gasteiger partial charge in [0, 0.05) is 18.0 Å². The van der Waals surface area contributed by atoms with Gasteiger partial charge >= 0.3 is 0 Å². The second kappa shape index (κ2) is 5.23. The van der Waals surface area contributed by atoms with Gasteiger partial charge in [-0.3, -0.25) is 4.98 Å². The topological polar surface area (TPSA) is 24.9 Å². The van der Waals surface area contributed by atoms with Crippen molar-refractivity contribution in [2.75, 3.05) is 7.05 Å². The molecule has 2 aromatic rings. The van der Waals surface area contributed by atoms with Crippen LogP contribution in [0.5, 0.6) is 0 Å². The van der Waals surface area contributed by atoms with E-state index in [4.69, 9.17) is 0 Å². The van der Waals surface area contributed by atoms with Crippen molar-refractivity contribution in [3.8, 4) is 0 Å². The molecule has 0 saturated heterocycles. The highest BCUT2D eigenvalue weighted by atomic mass is 19.1. The molecule has 0 saturated carbocycles. The van der Waals surface area contributed by atoms with Gasteiger partial charge in [0.05, 0.1) is 6.04 Å². The van der Waals surface area contributed by atoms with Gasteiger partial charge < -0.3 is 5.32 Å². The fraction of sp³-hybridized carbons (Fsp3) is 0.214. The highest BCUT2D eigenvalue weighted by molar-refractivity contribution is 5.34. The highest BCUT2D eigenvalue weighted by Crippen LogP contribution is 2.24. The van der Waals surface area contributed by atoms with Gasteiger partial charge in [-0.05, 0) is 43.3 Å². The van der Waals surface area contributed by atoms with Gasteiger partial charge in [-0.1, -0.05) is 6.07 Å². The van der Waals surface area contributed by atoms with Gasteiger partial charge in [-0.2, -0.15) is 0 Å². The summed E-state index contributed by atoms with van der Waals surface area (Å²) < 4.78 is 26.5. The molecule has 0 amide bonds. The van der Waals surface area contributed by atoms with E-state index in [-0.39, 0.29) is 6.04 Å². The number of hydrogen-bond acceptors (Lipinski definition) is 2. The van der Waals surface area contributed by atoms with E-state index in [0.29, 0.717) is 5.56 Å². The minimum Gasteiger partial charge on any atom is -0.309 e. The molecular weight excluding hydrogens is 234 g/mol. The molecule has 1 heterocycles. The van der Waals surface area contributed by atoms with Crippen LogP contribution in [0.2, 0.25) is 0 Å². The molecule has 1 aromatic carbocycles. The van der Waals surface area contributed by atoms with Crippen molar-refractivity contribution >= 4 is 0 Å². The summed E-state index contributed by atoms with van der Waals surface area (Å²) in [4.78, 5) is 4.19. The zero-order valence-electron chi connectivity index (χ0n) is 10.2. The van der Waals surface area contributed by atoms with Crippen molar-refractivity contribution in [2.45, 2.75) is 13.0 Å². The molecule has 94 valence electrons. The van der Waals surface area contributed by atoms with Crippen LogP contribution in [-0.2, 0) is 0 Å². The Morgan fingerprint density at radius 3 is 2.39 bits per heavy atom. The Hall–Kier alpha value is -1.81. The summed E-state index contributed by atoms with van der Waals surface area (Å²) in [7, 11) is 1.75. The molecule has 0 spiro atoms. The van der Waals surface area contributed by atoms with E-state index in [1.165, 1.54) is 12.1 Å². The highest BCUT2D eigenvalue weighted by Gasteiger charge is 2.16. The van der Waals surface area contributed by atoms with Gasteiger partial charge in [0.2, 0.25) is 0 Å². The van der Waals surface area contributed by atoms with Crippen LogP contribution >= 0.6 is 0 Å². The summed E-state index contributed by atoms with van der Waals surface area (Å²) in [6.07, 6.45) is 1.69. The van der Waals surface area contributed by atoms with Crippen LogP contribution in [0.25, 0.3) is 0 Å². The van der Waals surface area contributed by atoms with E-state index in [2.05, 4.69) is 10.3 Å². The molecule has 4 heteroatoms. The predicted molar refractivity (Wildman–Crippen MR) is 66.2 cm³/mol. The SMILES string of the molecule is CNC(c1cc(F)cc(F)c1)c1cccnc1C. The summed E-state index contributed by atoms with van der Waals surface area (Å²) in [5.41, 5.74) is 2.29. The lowest BCUT2D eigenvalue weighted by Gasteiger charge is -2.18. The van der Waals surface area contributed by atoms with Crippen molar-refractivity contribution in [1.82, 2.24) is 10.3 Å². The minimum atomic E-state index is -0.577. The lowest BCUT2D eigenvalue weighted by Crippen LogP contribution is -2.19. The Morgan fingerprint density at radius 2 is 1.83 bits per heavy atom. The molecule has 1 N–H and O–H groups in total. The molecule has 1 atom stereocenters. The Labute approximate surface area is 105 Å².